The number of aryl methyl sites for hydroxylation is 2. The first kappa shape index (κ1) is 12.9. The molecule has 20 heavy (non-hydrogen) atoms. The Balaban J connectivity index is 1.76. The fourth-order valence-electron chi connectivity index (χ4n) is 1.86. The van der Waals surface area contributed by atoms with Crippen molar-refractivity contribution < 1.29 is 4.79 Å². The molecule has 0 aromatic carbocycles. The summed E-state index contributed by atoms with van der Waals surface area (Å²) in [4.78, 5) is 16.8. The maximum atomic E-state index is 12.2. The molecule has 0 bridgehead atoms. The van der Waals surface area contributed by atoms with E-state index in [9.17, 15) is 4.79 Å². The Labute approximate surface area is 120 Å². The normalized spacial score (nSPS) is 14.3. The van der Waals surface area contributed by atoms with Crippen LogP contribution in [-0.2, 0) is 7.05 Å². The molecule has 0 spiro atoms. The molecule has 2 aromatic rings. The third kappa shape index (κ3) is 2.60. The molecule has 0 saturated heterocycles. The molecule has 106 valence electrons. The second-order valence-electron chi connectivity index (χ2n) is 4.91. The third-order valence-corrected chi connectivity index (χ3v) is 4.03. The highest BCUT2D eigenvalue weighted by atomic mass is 32.1. The molecular formula is C12H16N6OS. The number of aromatic nitrogens is 3. The number of hydrogen-bond acceptors (Lipinski definition) is 6. The van der Waals surface area contributed by atoms with Crippen LogP contribution in [0.25, 0.3) is 0 Å². The van der Waals surface area contributed by atoms with Crippen LogP contribution in [0.4, 0.5) is 16.6 Å². The lowest BCUT2D eigenvalue weighted by atomic mass is 10.4. The van der Waals surface area contributed by atoms with Crippen molar-refractivity contribution in [2.24, 2.45) is 7.05 Å². The SMILES string of the molecule is Cc1nn(C)cc1NC(=O)c1sc(NC2CC2)nc1N. The van der Waals surface area contributed by atoms with Crippen molar-refractivity contribution in [2.75, 3.05) is 16.4 Å². The number of rotatable bonds is 4. The number of nitrogens with two attached hydrogens (primary N) is 1. The van der Waals surface area contributed by atoms with Crippen molar-refractivity contribution in [1.82, 2.24) is 14.8 Å². The van der Waals surface area contributed by atoms with Crippen LogP contribution in [0, 0.1) is 6.92 Å². The summed E-state index contributed by atoms with van der Waals surface area (Å²) in [5.41, 5.74) is 7.26. The highest BCUT2D eigenvalue weighted by Crippen LogP contribution is 2.31. The van der Waals surface area contributed by atoms with Gasteiger partial charge in [0.05, 0.1) is 11.4 Å². The average Bonchev–Trinajstić information content (AvgIpc) is 3.02. The fourth-order valence-corrected chi connectivity index (χ4v) is 2.72. The van der Waals surface area contributed by atoms with Crippen LogP contribution in [0.2, 0.25) is 0 Å². The Bertz CT molecular complexity index is 657. The van der Waals surface area contributed by atoms with Crippen molar-refractivity contribution in [3.8, 4) is 0 Å². The van der Waals surface area contributed by atoms with Gasteiger partial charge in [-0.05, 0) is 19.8 Å². The molecule has 4 N–H and O–H groups in total. The minimum absolute atomic E-state index is 0.250. The number of anilines is 3. The first-order valence-corrected chi connectivity index (χ1v) is 7.19. The molecule has 3 rings (SSSR count). The van der Waals surface area contributed by atoms with E-state index in [1.165, 1.54) is 11.3 Å². The molecule has 2 aromatic heterocycles. The van der Waals surface area contributed by atoms with E-state index in [1.54, 1.807) is 17.9 Å². The van der Waals surface area contributed by atoms with Crippen molar-refractivity contribution in [3.63, 3.8) is 0 Å². The number of carbonyl (C=O) groups is 1. The van der Waals surface area contributed by atoms with Crippen molar-refractivity contribution >= 4 is 33.9 Å². The summed E-state index contributed by atoms with van der Waals surface area (Å²) in [7, 11) is 1.81. The Morgan fingerprint density at radius 3 is 2.90 bits per heavy atom. The van der Waals surface area contributed by atoms with Gasteiger partial charge >= 0.3 is 0 Å². The Hall–Kier alpha value is -2.09. The molecular weight excluding hydrogens is 276 g/mol. The van der Waals surface area contributed by atoms with Crippen molar-refractivity contribution in [1.29, 1.82) is 0 Å². The zero-order chi connectivity index (χ0) is 14.3. The van der Waals surface area contributed by atoms with Crippen LogP contribution >= 0.6 is 11.3 Å². The molecule has 1 amide bonds. The average molecular weight is 292 g/mol. The highest BCUT2D eigenvalue weighted by Gasteiger charge is 2.24. The minimum Gasteiger partial charge on any atom is -0.382 e. The second-order valence-corrected chi connectivity index (χ2v) is 5.91. The van der Waals surface area contributed by atoms with Gasteiger partial charge in [-0.2, -0.15) is 5.10 Å². The molecule has 7 nitrogen and oxygen atoms in total. The second kappa shape index (κ2) is 4.78. The Morgan fingerprint density at radius 1 is 1.55 bits per heavy atom. The van der Waals surface area contributed by atoms with Gasteiger partial charge in [0.25, 0.3) is 5.91 Å². The van der Waals surface area contributed by atoms with E-state index in [1.807, 2.05) is 6.92 Å². The van der Waals surface area contributed by atoms with Crippen LogP contribution in [0.15, 0.2) is 6.20 Å². The number of hydrogen-bond donors (Lipinski definition) is 3. The molecule has 0 unspecified atom stereocenters. The molecule has 0 atom stereocenters. The Morgan fingerprint density at radius 2 is 2.30 bits per heavy atom. The van der Waals surface area contributed by atoms with Gasteiger partial charge < -0.3 is 16.4 Å². The van der Waals surface area contributed by atoms with Gasteiger partial charge in [0.1, 0.15) is 10.7 Å². The summed E-state index contributed by atoms with van der Waals surface area (Å²) in [5.74, 6) is 0.0112. The van der Waals surface area contributed by atoms with Gasteiger partial charge in [-0.1, -0.05) is 11.3 Å². The summed E-state index contributed by atoms with van der Waals surface area (Å²) < 4.78 is 1.65. The number of amides is 1. The first-order valence-electron chi connectivity index (χ1n) is 6.37. The van der Waals surface area contributed by atoms with Crippen LogP contribution in [-0.4, -0.2) is 26.7 Å². The quantitative estimate of drug-likeness (QED) is 0.795. The van der Waals surface area contributed by atoms with Crippen molar-refractivity contribution in [2.45, 2.75) is 25.8 Å². The smallest absolute Gasteiger partial charge is 0.269 e. The molecule has 0 radical (unpaired) electrons. The number of nitrogens with zero attached hydrogens (tertiary/aromatic N) is 3. The van der Waals surface area contributed by atoms with E-state index in [4.69, 9.17) is 5.73 Å². The largest absolute Gasteiger partial charge is 0.382 e. The number of carbonyl (C=O) groups excluding carboxylic acids is 1. The van der Waals surface area contributed by atoms with Gasteiger partial charge in [-0.15, -0.1) is 0 Å². The number of thiazole rings is 1. The Kier molecular flexibility index (Phi) is 3.09. The molecule has 1 aliphatic rings. The maximum Gasteiger partial charge on any atom is 0.269 e. The van der Waals surface area contributed by atoms with Crippen LogP contribution in [0.1, 0.15) is 28.2 Å². The molecule has 2 heterocycles. The highest BCUT2D eigenvalue weighted by molar-refractivity contribution is 7.18. The van der Waals surface area contributed by atoms with E-state index < -0.39 is 0 Å². The van der Waals surface area contributed by atoms with E-state index in [0.717, 1.165) is 18.5 Å². The van der Waals surface area contributed by atoms with E-state index in [-0.39, 0.29) is 11.7 Å². The molecule has 1 saturated carbocycles. The summed E-state index contributed by atoms with van der Waals surface area (Å²) in [6.45, 7) is 1.84. The predicted molar refractivity (Wildman–Crippen MR) is 79.1 cm³/mol. The molecule has 1 fully saturated rings. The summed E-state index contributed by atoms with van der Waals surface area (Å²) in [6.07, 6.45) is 4.06. The van der Waals surface area contributed by atoms with E-state index >= 15 is 0 Å². The topological polar surface area (TPSA) is 97.9 Å². The van der Waals surface area contributed by atoms with Gasteiger partial charge in [0.15, 0.2) is 5.13 Å². The van der Waals surface area contributed by atoms with Crippen LogP contribution in [0.5, 0.6) is 0 Å². The third-order valence-electron chi connectivity index (χ3n) is 3.03. The molecule has 1 aliphatic carbocycles. The molecule has 8 heteroatoms. The van der Waals surface area contributed by atoms with E-state index in [2.05, 4.69) is 20.7 Å². The zero-order valence-corrected chi connectivity index (χ0v) is 12.1. The van der Waals surface area contributed by atoms with Gasteiger partial charge in [0, 0.05) is 19.3 Å². The van der Waals surface area contributed by atoms with Gasteiger partial charge in [-0.3, -0.25) is 9.48 Å². The van der Waals surface area contributed by atoms with Gasteiger partial charge in [-0.25, -0.2) is 4.98 Å². The van der Waals surface area contributed by atoms with Crippen molar-refractivity contribution in [3.05, 3.63) is 16.8 Å². The van der Waals surface area contributed by atoms with Crippen LogP contribution in [0.3, 0.4) is 0 Å². The van der Waals surface area contributed by atoms with Gasteiger partial charge in [0.2, 0.25) is 0 Å². The minimum atomic E-state index is -0.250. The van der Waals surface area contributed by atoms with E-state index in [0.29, 0.717) is 21.7 Å². The molecule has 0 aliphatic heterocycles. The first-order chi connectivity index (χ1) is 9.52. The summed E-state index contributed by atoms with van der Waals surface area (Å²) in [6, 6.07) is 0.483. The zero-order valence-electron chi connectivity index (χ0n) is 11.3. The summed E-state index contributed by atoms with van der Waals surface area (Å²) >= 11 is 1.28. The maximum absolute atomic E-state index is 12.2. The number of nitrogens with one attached hydrogen (secondary N) is 2. The fraction of sp³-hybridized carbons (Fsp3) is 0.417. The lowest BCUT2D eigenvalue weighted by Crippen LogP contribution is -2.12. The van der Waals surface area contributed by atoms with Crippen LogP contribution < -0.4 is 16.4 Å². The lowest BCUT2D eigenvalue weighted by molar-refractivity contribution is 0.103. The standard InChI is InChI=1S/C12H16N6OS/c1-6-8(5-18(2)17-6)15-11(19)9-10(13)16-12(20-9)14-7-3-4-7/h5,7H,3-4,13H2,1-2H3,(H,14,16)(H,15,19). The summed E-state index contributed by atoms with van der Waals surface area (Å²) in [5, 5.41) is 10.9. The lowest BCUT2D eigenvalue weighted by Gasteiger charge is -2.01. The predicted octanol–water partition coefficient (Wildman–Crippen LogP) is 1.59. The monoisotopic (exact) mass is 292 g/mol. The number of nitrogen functional groups attached to an aromatic ring is 1.